The molecule has 0 bridgehead atoms. The van der Waals surface area contributed by atoms with Crippen molar-refractivity contribution in [2.24, 2.45) is 11.7 Å². The Morgan fingerprint density at radius 2 is 2.21 bits per heavy atom. The third-order valence-electron chi connectivity index (χ3n) is 2.69. The van der Waals surface area contributed by atoms with Crippen LogP contribution in [-0.4, -0.2) is 7.11 Å². The van der Waals surface area contributed by atoms with E-state index in [0.717, 1.165) is 12.8 Å². The molecule has 0 spiro atoms. The Morgan fingerprint density at radius 3 is 2.79 bits per heavy atom. The zero-order valence-electron chi connectivity index (χ0n) is 8.16. The highest BCUT2D eigenvalue weighted by atomic mass is 19.1. The van der Waals surface area contributed by atoms with Crippen LogP contribution in [0.25, 0.3) is 0 Å². The molecule has 1 aromatic rings. The molecule has 14 heavy (non-hydrogen) atoms. The van der Waals surface area contributed by atoms with Gasteiger partial charge in [-0.15, -0.1) is 0 Å². The van der Waals surface area contributed by atoms with Crippen LogP contribution in [-0.2, 0) is 0 Å². The number of benzene rings is 1. The predicted octanol–water partition coefficient (Wildman–Crippen LogP) is 2.24. The van der Waals surface area contributed by atoms with Gasteiger partial charge in [-0.1, -0.05) is 0 Å². The van der Waals surface area contributed by atoms with E-state index in [9.17, 15) is 4.39 Å². The quantitative estimate of drug-likeness (QED) is 0.802. The van der Waals surface area contributed by atoms with Gasteiger partial charge in [0.15, 0.2) is 0 Å². The molecule has 2 N–H and O–H groups in total. The maximum absolute atomic E-state index is 13.4. The van der Waals surface area contributed by atoms with Crippen molar-refractivity contribution in [2.75, 3.05) is 7.11 Å². The van der Waals surface area contributed by atoms with Crippen molar-refractivity contribution in [2.45, 2.75) is 18.9 Å². The Morgan fingerprint density at radius 1 is 1.50 bits per heavy atom. The maximum atomic E-state index is 13.4. The van der Waals surface area contributed by atoms with Gasteiger partial charge in [0.05, 0.1) is 7.11 Å². The summed E-state index contributed by atoms with van der Waals surface area (Å²) in [5.74, 6) is 0.888. The third kappa shape index (κ3) is 1.73. The van der Waals surface area contributed by atoms with Crippen molar-refractivity contribution in [1.82, 2.24) is 0 Å². The van der Waals surface area contributed by atoms with Crippen LogP contribution in [0, 0.1) is 11.7 Å². The molecule has 1 saturated carbocycles. The van der Waals surface area contributed by atoms with E-state index in [1.165, 1.54) is 6.07 Å². The molecule has 1 atom stereocenters. The normalized spacial score (nSPS) is 17.9. The lowest BCUT2D eigenvalue weighted by Gasteiger charge is -2.12. The molecule has 1 aliphatic rings. The highest BCUT2D eigenvalue weighted by molar-refractivity contribution is 5.32. The summed E-state index contributed by atoms with van der Waals surface area (Å²) in [6.07, 6.45) is 2.22. The number of hydrogen-bond donors (Lipinski definition) is 1. The van der Waals surface area contributed by atoms with Gasteiger partial charge in [-0.3, -0.25) is 0 Å². The lowest BCUT2D eigenvalue weighted by molar-refractivity contribution is 0.411. The van der Waals surface area contributed by atoms with Gasteiger partial charge < -0.3 is 10.5 Å². The van der Waals surface area contributed by atoms with E-state index in [2.05, 4.69) is 0 Å². The molecule has 1 aliphatic carbocycles. The van der Waals surface area contributed by atoms with Gasteiger partial charge in [-0.2, -0.15) is 0 Å². The van der Waals surface area contributed by atoms with Crippen molar-refractivity contribution >= 4 is 0 Å². The zero-order valence-corrected chi connectivity index (χ0v) is 8.16. The van der Waals surface area contributed by atoms with E-state index in [4.69, 9.17) is 10.5 Å². The minimum Gasteiger partial charge on any atom is -0.497 e. The first-order valence-corrected chi connectivity index (χ1v) is 4.81. The molecular weight excluding hydrogens is 181 g/mol. The smallest absolute Gasteiger partial charge is 0.128 e. The molecule has 2 nitrogen and oxygen atoms in total. The topological polar surface area (TPSA) is 35.2 Å². The minimum absolute atomic E-state index is 0.176. The SMILES string of the molecule is COc1ccc(F)c([C@H](N)C2CC2)c1. The van der Waals surface area contributed by atoms with E-state index in [1.807, 2.05) is 0 Å². The lowest BCUT2D eigenvalue weighted by atomic mass is 10.0. The summed E-state index contributed by atoms with van der Waals surface area (Å²) in [5, 5.41) is 0. The lowest BCUT2D eigenvalue weighted by Crippen LogP contribution is -2.14. The number of ether oxygens (including phenoxy) is 1. The zero-order chi connectivity index (χ0) is 10.1. The van der Waals surface area contributed by atoms with E-state index in [0.29, 0.717) is 17.2 Å². The molecule has 0 aliphatic heterocycles. The van der Waals surface area contributed by atoms with Crippen LogP contribution in [0.1, 0.15) is 24.4 Å². The van der Waals surface area contributed by atoms with Crippen molar-refractivity contribution < 1.29 is 9.13 Å². The van der Waals surface area contributed by atoms with Crippen molar-refractivity contribution in [3.8, 4) is 5.75 Å². The molecule has 1 fully saturated rings. The number of halogens is 1. The first kappa shape index (κ1) is 9.46. The summed E-state index contributed by atoms with van der Waals surface area (Å²) in [4.78, 5) is 0. The van der Waals surface area contributed by atoms with Crippen LogP contribution in [0.3, 0.4) is 0 Å². The van der Waals surface area contributed by atoms with Gasteiger partial charge >= 0.3 is 0 Å². The molecule has 0 unspecified atom stereocenters. The van der Waals surface area contributed by atoms with Crippen molar-refractivity contribution in [3.05, 3.63) is 29.6 Å². The average molecular weight is 195 g/mol. The van der Waals surface area contributed by atoms with Gasteiger partial charge in [0.25, 0.3) is 0 Å². The average Bonchev–Trinajstić information content (AvgIpc) is 3.01. The highest BCUT2D eigenvalue weighted by Gasteiger charge is 2.31. The van der Waals surface area contributed by atoms with E-state index in [1.54, 1.807) is 19.2 Å². The second-order valence-electron chi connectivity index (χ2n) is 3.75. The number of methoxy groups -OCH3 is 1. The van der Waals surface area contributed by atoms with Crippen LogP contribution < -0.4 is 10.5 Å². The van der Waals surface area contributed by atoms with Crippen molar-refractivity contribution in [1.29, 1.82) is 0 Å². The number of nitrogens with two attached hydrogens (primary N) is 1. The van der Waals surface area contributed by atoms with E-state index >= 15 is 0 Å². The molecule has 0 radical (unpaired) electrons. The molecule has 0 amide bonds. The minimum atomic E-state index is -0.231. The molecule has 3 heteroatoms. The molecule has 2 rings (SSSR count). The molecule has 0 heterocycles. The van der Waals surface area contributed by atoms with Gasteiger partial charge in [-0.25, -0.2) is 4.39 Å². The van der Waals surface area contributed by atoms with Crippen LogP contribution in [0.15, 0.2) is 18.2 Å². The Balaban J connectivity index is 2.29. The fourth-order valence-corrected chi connectivity index (χ4v) is 1.61. The molecule has 0 aromatic heterocycles. The third-order valence-corrected chi connectivity index (χ3v) is 2.69. The standard InChI is InChI=1S/C11H14FNO/c1-14-8-4-5-10(12)9(6-8)11(13)7-2-3-7/h4-7,11H,2-3,13H2,1H3/t11-/m1/s1. The van der Waals surface area contributed by atoms with Crippen LogP contribution >= 0.6 is 0 Å². The van der Waals surface area contributed by atoms with Gasteiger partial charge in [0.2, 0.25) is 0 Å². The largest absolute Gasteiger partial charge is 0.497 e. The Labute approximate surface area is 82.9 Å². The van der Waals surface area contributed by atoms with E-state index in [-0.39, 0.29) is 11.9 Å². The van der Waals surface area contributed by atoms with Crippen LogP contribution in [0.5, 0.6) is 5.75 Å². The van der Waals surface area contributed by atoms with Gasteiger partial charge in [0, 0.05) is 11.6 Å². The first-order valence-electron chi connectivity index (χ1n) is 4.81. The summed E-state index contributed by atoms with van der Waals surface area (Å²) in [5.41, 5.74) is 6.50. The fourth-order valence-electron chi connectivity index (χ4n) is 1.61. The van der Waals surface area contributed by atoms with Crippen molar-refractivity contribution in [3.63, 3.8) is 0 Å². The second-order valence-corrected chi connectivity index (χ2v) is 3.75. The maximum Gasteiger partial charge on any atom is 0.128 e. The van der Waals surface area contributed by atoms with Crippen LogP contribution in [0.4, 0.5) is 4.39 Å². The fraction of sp³-hybridized carbons (Fsp3) is 0.455. The van der Waals surface area contributed by atoms with Gasteiger partial charge in [0.1, 0.15) is 11.6 Å². The first-order chi connectivity index (χ1) is 6.72. The molecular formula is C11H14FNO. The number of rotatable bonds is 3. The van der Waals surface area contributed by atoms with Gasteiger partial charge in [-0.05, 0) is 37.0 Å². The van der Waals surface area contributed by atoms with E-state index < -0.39 is 0 Å². The predicted molar refractivity (Wildman–Crippen MR) is 52.6 cm³/mol. The Kier molecular flexibility index (Phi) is 2.42. The molecule has 76 valence electrons. The van der Waals surface area contributed by atoms with Crippen LogP contribution in [0.2, 0.25) is 0 Å². The molecule has 0 saturated heterocycles. The monoisotopic (exact) mass is 195 g/mol. The molecule has 1 aromatic carbocycles. The highest BCUT2D eigenvalue weighted by Crippen LogP contribution is 2.40. The summed E-state index contributed by atoms with van der Waals surface area (Å²) >= 11 is 0. The summed E-state index contributed by atoms with van der Waals surface area (Å²) < 4.78 is 18.4. The summed E-state index contributed by atoms with van der Waals surface area (Å²) in [6, 6.07) is 4.54. The summed E-state index contributed by atoms with van der Waals surface area (Å²) in [6.45, 7) is 0. The Bertz CT molecular complexity index is 336. The summed E-state index contributed by atoms with van der Waals surface area (Å²) in [7, 11) is 1.57. The number of hydrogen-bond acceptors (Lipinski definition) is 2. The second kappa shape index (κ2) is 3.58. The Hall–Kier alpha value is -1.09.